The van der Waals surface area contributed by atoms with Crippen LogP contribution in [0, 0.1) is 0 Å². The molecule has 1 N–H and O–H groups in total. The van der Waals surface area contributed by atoms with Gasteiger partial charge in [-0.2, -0.15) is 0 Å². The molecule has 0 saturated carbocycles. The number of fused-ring (bicyclic) bond motifs is 1. The third-order valence-corrected chi connectivity index (χ3v) is 3.56. The minimum atomic E-state index is -1.08. The van der Waals surface area contributed by atoms with E-state index in [0.29, 0.717) is 16.9 Å². The van der Waals surface area contributed by atoms with Crippen LogP contribution in [0.3, 0.4) is 0 Å². The second-order valence-electron chi connectivity index (χ2n) is 4.13. The van der Waals surface area contributed by atoms with Gasteiger partial charge in [-0.05, 0) is 22.0 Å². The topological polar surface area (TPSA) is 72.3 Å². The van der Waals surface area contributed by atoms with Crippen molar-refractivity contribution in [3.05, 3.63) is 52.0 Å². The van der Waals surface area contributed by atoms with Crippen molar-refractivity contribution in [3.63, 3.8) is 0 Å². The zero-order valence-electron chi connectivity index (χ0n) is 9.71. The number of ether oxygens (including phenoxy) is 1. The number of benzene rings is 1. The predicted octanol–water partition coefficient (Wildman–Crippen LogP) is 2.46. The minimum absolute atomic E-state index is 0.0330. The lowest BCUT2D eigenvalue weighted by molar-refractivity contribution is 0.0688. The highest BCUT2D eigenvalue weighted by atomic mass is 79.9. The van der Waals surface area contributed by atoms with Crippen molar-refractivity contribution >= 4 is 21.9 Å². The van der Waals surface area contributed by atoms with E-state index in [4.69, 9.17) is 9.84 Å². The van der Waals surface area contributed by atoms with Crippen LogP contribution in [0.1, 0.15) is 27.8 Å². The van der Waals surface area contributed by atoms with Gasteiger partial charge in [0.2, 0.25) is 0 Å². The molecule has 1 aliphatic heterocycles. The first-order valence-electron chi connectivity index (χ1n) is 5.64. The van der Waals surface area contributed by atoms with E-state index in [2.05, 4.69) is 25.9 Å². The standard InChI is InChI=1S/C13H9BrN2O3/c14-9-5-15-12(16-11(9)13(17)18)8-6-19-10-4-2-1-3-7(8)10/h1-5,8H,6H2,(H,17,18). The van der Waals surface area contributed by atoms with Gasteiger partial charge in [0.1, 0.15) is 18.2 Å². The quantitative estimate of drug-likeness (QED) is 0.920. The fourth-order valence-electron chi connectivity index (χ4n) is 2.08. The van der Waals surface area contributed by atoms with Gasteiger partial charge >= 0.3 is 5.97 Å². The number of halogens is 1. The number of aromatic nitrogens is 2. The Bertz CT molecular complexity index is 660. The summed E-state index contributed by atoms with van der Waals surface area (Å²) >= 11 is 3.13. The molecular formula is C13H9BrN2O3. The molecule has 0 radical (unpaired) electrons. The molecule has 0 bridgehead atoms. The molecule has 3 rings (SSSR count). The van der Waals surface area contributed by atoms with E-state index in [1.807, 2.05) is 24.3 Å². The Morgan fingerprint density at radius 2 is 2.21 bits per heavy atom. The molecule has 1 aliphatic rings. The zero-order chi connectivity index (χ0) is 13.4. The number of rotatable bonds is 2. The summed E-state index contributed by atoms with van der Waals surface area (Å²) < 4.78 is 5.93. The second kappa shape index (κ2) is 4.62. The predicted molar refractivity (Wildman–Crippen MR) is 70.5 cm³/mol. The van der Waals surface area contributed by atoms with Crippen LogP contribution >= 0.6 is 15.9 Å². The number of carboxylic acid groups (broad SMARTS) is 1. The SMILES string of the molecule is O=C(O)c1nc(C2COc3ccccc32)ncc1Br. The Balaban J connectivity index is 2.05. The number of carbonyl (C=O) groups is 1. The zero-order valence-corrected chi connectivity index (χ0v) is 11.3. The number of aromatic carboxylic acids is 1. The lowest BCUT2D eigenvalue weighted by Crippen LogP contribution is -2.12. The van der Waals surface area contributed by atoms with E-state index in [9.17, 15) is 4.79 Å². The summed E-state index contributed by atoms with van der Waals surface area (Å²) in [6.07, 6.45) is 1.46. The summed E-state index contributed by atoms with van der Waals surface area (Å²) in [6, 6.07) is 7.63. The Labute approximate surface area is 117 Å². The van der Waals surface area contributed by atoms with Crippen molar-refractivity contribution in [2.45, 2.75) is 5.92 Å². The van der Waals surface area contributed by atoms with E-state index in [0.717, 1.165) is 11.3 Å². The van der Waals surface area contributed by atoms with Crippen LogP contribution in [-0.4, -0.2) is 27.7 Å². The van der Waals surface area contributed by atoms with Crippen molar-refractivity contribution in [2.24, 2.45) is 0 Å². The molecule has 0 saturated heterocycles. The Kier molecular flexibility index (Phi) is 2.94. The summed E-state index contributed by atoms with van der Waals surface area (Å²) in [6.45, 7) is 0.431. The molecule has 96 valence electrons. The van der Waals surface area contributed by atoms with E-state index in [-0.39, 0.29) is 11.6 Å². The van der Waals surface area contributed by atoms with Gasteiger partial charge in [0.15, 0.2) is 5.69 Å². The average Bonchev–Trinajstić information content (AvgIpc) is 2.83. The third-order valence-electron chi connectivity index (χ3n) is 2.98. The van der Waals surface area contributed by atoms with E-state index in [1.165, 1.54) is 6.20 Å². The van der Waals surface area contributed by atoms with Crippen LogP contribution in [0.25, 0.3) is 0 Å². The van der Waals surface area contributed by atoms with Crippen LogP contribution in [-0.2, 0) is 0 Å². The minimum Gasteiger partial charge on any atom is -0.492 e. The van der Waals surface area contributed by atoms with E-state index in [1.54, 1.807) is 0 Å². The highest BCUT2D eigenvalue weighted by Gasteiger charge is 2.28. The first kappa shape index (κ1) is 12.1. The van der Waals surface area contributed by atoms with Crippen molar-refractivity contribution in [3.8, 4) is 5.75 Å². The Morgan fingerprint density at radius 3 is 3.00 bits per heavy atom. The van der Waals surface area contributed by atoms with Gasteiger partial charge in [0.25, 0.3) is 0 Å². The van der Waals surface area contributed by atoms with Gasteiger partial charge in [-0.25, -0.2) is 14.8 Å². The molecule has 5 nitrogen and oxygen atoms in total. The molecule has 0 amide bonds. The van der Waals surface area contributed by atoms with Gasteiger partial charge in [0, 0.05) is 11.8 Å². The summed E-state index contributed by atoms with van der Waals surface area (Å²) in [7, 11) is 0. The molecule has 0 aliphatic carbocycles. The maximum Gasteiger partial charge on any atom is 0.355 e. The average molecular weight is 321 g/mol. The molecule has 2 aromatic rings. The molecule has 1 aromatic carbocycles. The Hall–Kier alpha value is -1.95. The summed E-state index contributed by atoms with van der Waals surface area (Å²) in [5.74, 6) is 0.0616. The summed E-state index contributed by atoms with van der Waals surface area (Å²) in [5.41, 5.74) is 0.954. The largest absolute Gasteiger partial charge is 0.492 e. The van der Waals surface area contributed by atoms with Gasteiger partial charge in [-0.1, -0.05) is 18.2 Å². The number of hydrogen-bond donors (Lipinski definition) is 1. The molecule has 6 heteroatoms. The summed E-state index contributed by atoms with van der Waals surface area (Å²) in [5, 5.41) is 9.08. The number of hydrogen-bond acceptors (Lipinski definition) is 4. The van der Waals surface area contributed by atoms with Gasteiger partial charge < -0.3 is 9.84 Å². The third kappa shape index (κ3) is 2.08. The van der Waals surface area contributed by atoms with Crippen molar-refractivity contribution < 1.29 is 14.6 Å². The van der Waals surface area contributed by atoms with Crippen LogP contribution in [0.2, 0.25) is 0 Å². The lowest BCUT2D eigenvalue weighted by atomic mass is 10.0. The molecule has 19 heavy (non-hydrogen) atoms. The molecule has 0 spiro atoms. The van der Waals surface area contributed by atoms with E-state index >= 15 is 0 Å². The van der Waals surface area contributed by atoms with Crippen molar-refractivity contribution in [2.75, 3.05) is 6.61 Å². The second-order valence-corrected chi connectivity index (χ2v) is 4.99. The van der Waals surface area contributed by atoms with Gasteiger partial charge in [0.05, 0.1) is 10.4 Å². The first-order valence-corrected chi connectivity index (χ1v) is 6.43. The monoisotopic (exact) mass is 320 g/mol. The first-order chi connectivity index (χ1) is 9.16. The highest BCUT2D eigenvalue weighted by Crippen LogP contribution is 2.36. The number of para-hydroxylation sites is 1. The maximum absolute atomic E-state index is 11.1. The maximum atomic E-state index is 11.1. The number of carboxylic acids is 1. The molecule has 1 atom stereocenters. The van der Waals surface area contributed by atoms with Crippen molar-refractivity contribution in [1.29, 1.82) is 0 Å². The van der Waals surface area contributed by atoms with Crippen LogP contribution in [0.5, 0.6) is 5.75 Å². The highest BCUT2D eigenvalue weighted by molar-refractivity contribution is 9.10. The van der Waals surface area contributed by atoms with Crippen LogP contribution in [0.4, 0.5) is 0 Å². The lowest BCUT2D eigenvalue weighted by Gasteiger charge is -2.08. The van der Waals surface area contributed by atoms with Crippen molar-refractivity contribution in [1.82, 2.24) is 9.97 Å². The molecule has 2 heterocycles. The molecule has 0 fully saturated rings. The molecular weight excluding hydrogens is 312 g/mol. The van der Waals surface area contributed by atoms with E-state index < -0.39 is 5.97 Å². The molecule has 1 aromatic heterocycles. The Morgan fingerprint density at radius 1 is 1.42 bits per heavy atom. The normalized spacial score (nSPS) is 16.8. The van der Waals surface area contributed by atoms with Gasteiger partial charge in [-0.3, -0.25) is 0 Å². The van der Waals surface area contributed by atoms with Crippen LogP contribution in [0.15, 0.2) is 34.9 Å². The number of nitrogens with zero attached hydrogens (tertiary/aromatic N) is 2. The van der Waals surface area contributed by atoms with Gasteiger partial charge in [-0.15, -0.1) is 0 Å². The summed E-state index contributed by atoms with van der Waals surface area (Å²) in [4.78, 5) is 19.4. The van der Waals surface area contributed by atoms with Crippen LogP contribution < -0.4 is 4.74 Å². The molecule has 1 unspecified atom stereocenters. The fraction of sp³-hybridized carbons (Fsp3) is 0.154. The fourth-order valence-corrected chi connectivity index (χ4v) is 2.44. The smallest absolute Gasteiger partial charge is 0.355 e.